The Morgan fingerprint density at radius 1 is 0.633 bits per heavy atom. The quantitative estimate of drug-likeness (QED) is 0.0689. The van der Waals surface area contributed by atoms with E-state index in [4.69, 9.17) is 47.2 Å². The van der Waals surface area contributed by atoms with Crippen LogP contribution in [-0.4, -0.2) is 64.1 Å². The number of carboxylic acid groups (broad SMARTS) is 1. The monoisotopic (exact) mass is 1810 g/mol. The van der Waals surface area contributed by atoms with Crippen molar-refractivity contribution in [1.82, 2.24) is 14.4 Å². The minimum Gasteiger partial charge on any atom is -0.481 e. The molecule has 7 rings (SSSR count). The van der Waals surface area contributed by atoms with Crippen molar-refractivity contribution in [2.75, 3.05) is 26.8 Å². The summed E-state index contributed by atoms with van der Waals surface area (Å²) >= 11 is 39.4. The summed E-state index contributed by atoms with van der Waals surface area (Å²) in [6.07, 6.45) is 2.22. The molecule has 0 radical (unpaired) electrons. The van der Waals surface area contributed by atoms with Crippen LogP contribution < -0.4 is 11.3 Å². The van der Waals surface area contributed by atoms with E-state index in [-0.39, 0.29) is 30.9 Å². The number of likely N-dealkylation sites (tertiary alicyclic amines) is 1. The molecule has 5 aromatic rings. The summed E-state index contributed by atoms with van der Waals surface area (Å²) in [6, 6.07) is 28.3. The Morgan fingerprint density at radius 2 is 1.03 bits per heavy atom. The van der Waals surface area contributed by atoms with Crippen LogP contribution in [0.3, 0.4) is 0 Å². The number of hydrogen-bond acceptors (Lipinski definition) is 15. The standard InChI is InChI=1S/C22H18ClN3O3.C14H14N2O3.C7H4ClNO.CH3F.S11.S10.S9/c1-24-18-4-2-3-16(11-18)12-25-10-9-20-19(14-25)21(27)26(22(28)29-20)13-15-5-7-17(23)8-6-15;1-15-11-4-2-3-10(7-11)8-16-6-5-13(17)12(9-16)14(18)19;8-6-1-3-7(4-2-6)9-5-10;1-2;1-3-5-7-9-11-10-8-6-4-2;1-3-5-7-9-10-8-6-4-2;1-3-5-7-9-8-6-4-2/h2-8,11H,9-10,12-14H2;2-4,7,12H,5-6,8-9H2,(H,18,19);1-4H;1H3;;;/i;;;1D;;;. The van der Waals surface area contributed by atoms with Crippen LogP contribution in [0.15, 0.2) is 116 Å². The van der Waals surface area contributed by atoms with Crippen LogP contribution >= 0.6 is 23.2 Å². The number of fused-ring (bicyclic) bond motifs is 1. The molecule has 2 aliphatic heterocycles. The number of Topliss-reactive ketones (excluding diaryl/α,β-unsaturated/α-hetero) is 1. The maximum atomic E-state index is 13.0. The maximum Gasteiger partial charge on any atom is 0.422 e. The molecular weight excluding hydrogens is 1780 g/mol. The van der Waals surface area contributed by atoms with Gasteiger partial charge >= 0.3 is 11.7 Å². The SMILES string of the molecule is O=C=Nc1ccc(Cl)cc1.S=S=S=S=S=S=S=S=S.S=S=S=S=S=S=S=S=S=S.S=S=S=S=S=S=S=S=S=S=S.[2H]CF.[C-]#[N+]c1cccc(CN2CCC(=O)C(C(=O)O)C2)c1.[C-]#[N+]c1cccc(CN2CCc3oc(=O)n(Cc4ccc(Cl)cc4)c(=O)c3C2)c1. The molecule has 1 atom stereocenters. The summed E-state index contributed by atoms with van der Waals surface area (Å²) in [4.78, 5) is 71.8. The Hall–Kier alpha value is 0.0900. The van der Waals surface area contributed by atoms with Crippen molar-refractivity contribution in [3.8, 4) is 0 Å². The van der Waals surface area contributed by atoms with Crippen molar-refractivity contribution in [1.29, 1.82) is 0 Å². The highest BCUT2D eigenvalue weighted by Gasteiger charge is 2.32. The number of hydrogen-bond donors (Lipinski definition) is 1. The van der Waals surface area contributed by atoms with E-state index in [9.17, 15) is 28.4 Å². The summed E-state index contributed by atoms with van der Waals surface area (Å²) in [5.41, 5.74) is 4.72. The van der Waals surface area contributed by atoms with E-state index in [0.29, 0.717) is 77.6 Å². The molecule has 0 saturated carbocycles. The second-order valence-electron chi connectivity index (χ2n) is 15.0. The van der Waals surface area contributed by atoms with Crippen LogP contribution in [0.5, 0.6) is 0 Å². The third-order valence-electron chi connectivity index (χ3n) is 9.84. The molecule has 2 aliphatic rings. The molecule has 1 fully saturated rings. The number of isocyanates is 1. The highest BCUT2D eigenvalue weighted by molar-refractivity contribution is 8.75. The van der Waals surface area contributed by atoms with E-state index < -0.39 is 24.8 Å². The zero-order chi connectivity index (χ0) is 67.3. The van der Waals surface area contributed by atoms with Crippen LogP contribution in [0.2, 0.25) is 10.0 Å². The fourth-order valence-corrected chi connectivity index (χ4v) is 56.2. The van der Waals surface area contributed by atoms with Crippen LogP contribution in [-0.2, 0) is 327 Å². The Kier molecular flexibility index (Phi) is 56.7. The molecule has 90 heavy (non-hydrogen) atoms. The first-order valence-electron chi connectivity index (χ1n) is 23.4. The van der Waals surface area contributed by atoms with Crippen molar-refractivity contribution >= 4 is 338 Å². The molecule has 0 amide bonds. The minimum absolute atomic E-state index is 0.138. The van der Waals surface area contributed by atoms with Crippen molar-refractivity contribution in [3.05, 3.63) is 179 Å². The third kappa shape index (κ3) is 42.0. The Bertz CT molecular complexity index is 4620. The van der Waals surface area contributed by atoms with Gasteiger partial charge in [-0.1, -0.05) is 83.9 Å². The molecule has 46 heteroatoms. The number of benzene rings is 4. The first-order valence-corrected chi connectivity index (χ1v) is 59.4. The topological polar surface area (TPSA) is 151 Å². The zero-order valence-corrected chi connectivity index (χ0v) is 70.4. The molecule has 0 bridgehead atoms. The lowest BCUT2D eigenvalue weighted by molar-refractivity contribution is -0.149. The lowest BCUT2D eigenvalue weighted by Gasteiger charge is -2.29. The van der Waals surface area contributed by atoms with E-state index in [1.807, 2.05) is 35.2 Å². The predicted molar refractivity (Wildman–Crippen MR) is 446 cm³/mol. The summed E-state index contributed by atoms with van der Waals surface area (Å²) in [7, 11) is 37.1. The Morgan fingerprint density at radius 3 is 1.43 bits per heavy atom. The first kappa shape index (κ1) is 86.2. The van der Waals surface area contributed by atoms with Crippen molar-refractivity contribution in [2.45, 2.75) is 39.0 Å². The van der Waals surface area contributed by atoms with Crippen LogP contribution in [0.25, 0.3) is 9.69 Å². The number of alkyl halides is 1. The van der Waals surface area contributed by atoms with Gasteiger partial charge in [0.05, 0.1) is 39.5 Å². The largest absolute Gasteiger partial charge is 0.481 e. The number of halogens is 3. The first-order chi connectivity index (χ1) is 44.1. The number of rotatable bonds is 8. The number of carbonyl (C=O) groups excluding carboxylic acids is 2. The Labute approximate surface area is 627 Å². The summed E-state index contributed by atoms with van der Waals surface area (Å²) in [5.74, 6) is -2.33. The number of carbonyl (C=O) groups is 2. The molecule has 0 spiro atoms. The fourth-order valence-electron chi connectivity index (χ4n) is 6.54. The maximum absolute atomic E-state index is 13.0. The van der Waals surface area contributed by atoms with E-state index in [1.54, 1.807) is 227 Å². The summed E-state index contributed by atoms with van der Waals surface area (Å²) in [5, 5.41) is 10.2. The number of nitrogens with zero attached hydrogens (tertiary/aromatic N) is 6. The van der Waals surface area contributed by atoms with Gasteiger partial charge in [0, 0.05) is 342 Å². The Balaban J connectivity index is 0.000000580. The number of aromatic nitrogens is 1. The zero-order valence-electron chi connectivity index (χ0n) is 45.3. The average molecular weight is 1820 g/mol. The summed E-state index contributed by atoms with van der Waals surface area (Å²) < 4.78 is 22.1. The average Bonchev–Trinajstić information content (AvgIpc) is 1.34. The number of ketones is 1. The highest BCUT2D eigenvalue weighted by Crippen LogP contribution is 2.22. The van der Waals surface area contributed by atoms with Crippen LogP contribution in [0.4, 0.5) is 21.5 Å². The summed E-state index contributed by atoms with van der Waals surface area (Å²) in [6.45, 7) is 17.3. The van der Waals surface area contributed by atoms with Crippen LogP contribution in [0.1, 0.15) is 35.8 Å². The molecule has 488 valence electrons. The molecule has 1 saturated heterocycles. The van der Waals surface area contributed by atoms with E-state index >= 15 is 0 Å². The number of piperidine rings is 1. The highest BCUT2D eigenvalue weighted by atomic mass is 35.5. The van der Waals surface area contributed by atoms with Gasteiger partial charge in [-0.2, -0.15) is 4.99 Å². The van der Waals surface area contributed by atoms with E-state index in [1.165, 1.54) is 59.4 Å². The number of aliphatic imine (C=N–C) groups is 1. The molecule has 1 unspecified atom stereocenters. The third-order valence-corrected chi connectivity index (χ3v) is 57.0. The van der Waals surface area contributed by atoms with Gasteiger partial charge in [0.15, 0.2) is 11.4 Å². The van der Waals surface area contributed by atoms with Gasteiger partial charge in [0.1, 0.15) is 17.5 Å². The van der Waals surface area contributed by atoms with Crippen molar-refractivity contribution < 1.29 is 29.7 Å². The molecule has 3 heterocycles. The molecule has 0 aliphatic carbocycles. The number of aliphatic carboxylic acids is 1. The number of carboxylic acids is 1. The molecule has 1 N–H and O–H groups in total. The van der Waals surface area contributed by atoms with Gasteiger partial charge < -0.3 is 9.52 Å². The second kappa shape index (κ2) is 59.2. The fraction of sp³-hybridized carbons (Fsp3) is 0.250. The molecule has 1 aromatic heterocycles. The predicted octanol–water partition coefficient (Wildman–Crippen LogP) is 8.15. The van der Waals surface area contributed by atoms with E-state index in [0.717, 1.165) is 21.3 Å². The minimum atomic E-state index is -1.05. The van der Waals surface area contributed by atoms with Gasteiger partial charge in [-0.15, -0.1) is 0 Å². The van der Waals surface area contributed by atoms with Gasteiger partial charge in [0.2, 0.25) is 6.08 Å². The molecule has 4 aromatic carbocycles. The molecule has 13 nitrogen and oxygen atoms in total. The van der Waals surface area contributed by atoms with Crippen LogP contribution in [0, 0.1) is 19.1 Å². The van der Waals surface area contributed by atoms with Gasteiger partial charge in [0.25, 0.3) is 5.56 Å². The van der Waals surface area contributed by atoms with Gasteiger partial charge in [-0.3, -0.25) is 28.6 Å². The normalized spacial score (nSPS) is 12.0. The lowest BCUT2D eigenvalue weighted by Crippen LogP contribution is -2.43. The van der Waals surface area contributed by atoms with Gasteiger partial charge in [-0.25, -0.2) is 23.8 Å². The van der Waals surface area contributed by atoms with E-state index in [2.05, 4.69) is 86.7 Å². The van der Waals surface area contributed by atoms with Crippen molar-refractivity contribution in [2.24, 2.45) is 10.9 Å². The van der Waals surface area contributed by atoms with Crippen molar-refractivity contribution in [3.63, 3.8) is 0 Å². The second-order valence-corrected chi connectivity index (χ2v) is 58.3. The molecular formula is C44H39Cl2FN6O7S30. The smallest absolute Gasteiger partial charge is 0.422 e. The lowest BCUT2D eigenvalue weighted by atomic mass is 9.96. The van der Waals surface area contributed by atoms with Gasteiger partial charge in [-0.05, 0) is 53.1 Å².